The molecule has 0 unspecified atom stereocenters. The average molecular weight is 251 g/mol. The lowest BCUT2D eigenvalue weighted by atomic mass is 11.8. The summed E-state index contributed by atoms with van der Waals surface area (Å²) in [5.41, 5.74) is 0. The fourth-order valence-electron chi connectivity index (χ4n) is 0.919. The molecule has 0 aromatic rings. The first-order valence-corrected chi connectivity index (χ1v) is 16.2. The van der Waals surface area contributed by atoms with Gasteiger partial charge in [-0.15, -0.1) is 0 Å². The molecule has 0 aliphatic rings. The predicted molar refractivity (Wildman–Crippen MR) is 77.0 cm³/mol. The Kier molecular flexibility index (Phi) is 6.84. The van der Waals surface area contributed by atoms with Gasteiger partial charge in [0.1, 0.15) is 0 Å². The van der Waals surface area contributed by atoms with Crippen molar-refractivity contribution in [2.24, 2.45) is 0 Å². The topological polar surface area (TPSA) is 9.23 Å². The van der Waals surface area contributed by atoms with Crippen LogP contribution in [0.3, 0.4) is 0 Å². The molecular weight excluding hydrogens is 220 g/mol. The molecule has 0 N–H and O–H groups in total. The SMILES string of the molecule is C[Si](C)(C)C.C[Si](C)(C)O[Si](C)(C)C. The van der Waals surface area contributed by atoms with Gasteiger partial charge in [-0.05, 0) is 39.3 Å². The van der Waals surface area contributed by atoms with Crippen LogP contribution in [-0.4, -0.2) is 24.7 Å². The molecule has 0 amide bonds. The minimum absolute atomic E-state index is 0.611. The van der Waals surface area contributed by atoms with E-state index in [0.29, 0.717) is 0 Å². The van der Waals surface area contributed by atoms with Crippen LogP contribution >= 0.6 is 0 Å². The van der Waals surface area contributed by atoms with Gasteiger partial charge in [0.15, 0.2) is 16.6 Å². The maximum absolute atomic E-state index is 5.90. The molecule has 0 fully saturated rings. The van der Waals surface area contributed by atoms with E-state index in [-0.39, 0.29) is 0 Å². The standard InChI is InChI=1S/C6H18OSi2.C4H12Si/c1-8(2,3)7-9(4,5)6;1-5(2,3)4/h1-6H3;1-4H3. The Morgan fingerprint density at radius 2 is 0.643 bits per heavy atom. The zero-order chi connectivity index (χ0) is 12.2. The lowest BCUT2D eigenvalue weighted by molar-refractivity contribution is 0.559. The molecule has 0 rings (SSSR count). The Morgan fingerprint density at radius 1 is 0.500 bits per heavy atom. The number of hydrogen-bond donors (Lipinski definition) is 0. The predicted octanol–water partition coefficient (Wildman–Crippen LogP) is 4.63. The summed E-state index contributed by atoms with van der Waals surface area (Å²) >= 11 is 0. The Hall–Kier alpha value is 0.611. The van der Waals surface area contributed by atoms with Gasteiger partial charge in [-0.1, -0.05) is 26.2 Å². The Bertz CT molecular complexity index is 130. The molecule has 0 aromatic carbocycles. The van der Waals surface area contributed by atoms with Crippen LogP contribution in [0.15, 0.2) is 0 Å². The Morgan fingerprint density at radius 3 is 0.643 bits per heavy atom. The summed E-state index contributed by atoms with van der Waals surface area (Å²) in [6, 6.07) is 0. The van der Waals surface area contributed by atoms with E-state index >= 15 is 0 Å². The highest BCUT2D eigenvalue weighted by atomic mass is 28.4. The molecule has 0 radical (unpaired) electrons. The molecule has 0 saturated heterocycles. The van der Waals surface area contributed by atoms with Gasteiger partial charge in [-0.2, -0.15) is 0 Å². The third-order valence-electron chi connectivity index (χ3n) is 0.612. The van der Waals surface area contributed by atoms with E-state index in [1.165, 1.54) is 0 Å². The van der Waals surface area contributed by atoms with Gasteiger partial charge in [0, 0.05) is 8.07 Å². The average Bonchev–Trinajstić information content (AvgIpc) is 1.42. The molecule has 88 valence electrons. The summed E-state index contributed by atoms with van der Waals surface area (Å²) in [4.78, 5) is 0. The van der Waals surface area contributed by atoms with Crippen molar-refractivity contribution in [3.8, 4) is 0 Å². The molecule has 14 heavy (non-hydrogen) atoms. The van der Waals surface area contributed by atoms with Crippen LogP contribution in [0.4, 0.5) is 0 Å². The van der Waals surface area contributed by atoms with Crippen molar-refractivity contribution in [2.75, 3.05) is 0 Å². The minimum Gasteiger partial charge on any atom is -0.456 e. The van der Waals surface area contributed by atoms with Crippen LogP contribution in [0.25, 0.3) is 0 Å². The quantitative estimate of drug-likeness (QED) is 0.650. The van der Waals surface area contributed by atoms with Gasteiger partial charge >= 0.3 is 0 Å². The minimum atomic E-state index is -1.23. The highest BCUT2D eigenvalue weighted by Gasteiger charge is 2.24. The molecule has 0 heterocycles. The summed E-state index contributed by atoms with van der Waals surface area (Å²) in [7, 11) is -3.07. The van der Waals surface area contributed by atoms with Crippen molar-refractivity contribution in [3.05, 3.63) is 0 Å². The van der Waals surface area contributed by atoms with Gasteiger partial charge in [0.2, 0.25) is 0 Å². The van der Waals surface area contributed by atoms with E-state index in [4.69, 9.17) is 4.12 Å². The van der Waals surface area contributed by atoms with Crippen molar-refractivity contribution < 1.29 is 4.12 Å². The molecule has 1 nitrogen and oxygen atoms in total. The zero-order valence-corrected chi connectivity index (χ0v) is 14.9. The van der Waals surface area contributed by atoms with E-state index < -0.39 is 24.7 Å². The molecule has 0 aliphatic heterocycles. The van der Waals surface area contributed by atoms with E-state index in [9.17, 15) is 0 Å². The van der Waals surface area contributed by atoms with Crippen molar-refractivity contribution in [1.82, 2.24) is 0 Å². The molecule has 0 bridgehead atoms. The van der Waals surface area contributed by atoms with Gasteiger partial charge in [-0.25, -0.2) is 0 Å². The van der Waals surface area contributed by atoms with E-state index in [1.54, 1.807) is 0 Å². The first kappa shape index (κ1) is 17.0. The molecule has 0 aromatic heterocycles. The maximum Gasteiger partial charge on any atom is 0.170 e. The van der Waals surface area contributed by atoms with Crippen LogP contribution in [-0.2, 0) is 4.12 Å². The molecule has 0 saturated carbocycles. The molecular formula is C10H30OSi3. The molecule has 0 aliphatic carbocycles. The van der Waals surface area contributed by atoms with Gasteiger partial charge in [0.05, 0.1) is 0 Å². The highest BCUT2D eigenvalue weighted by molar-refractivity contribution is 6.83. The molecule has 0 atom stereocenters. The molecule has 0 spiro atoms. The third kappa shape index (κ3) is 38.9. The molecule has 4 heteroatoms. The first-order chi connectivity index (χ1) is 5.71. The van der Waals surface area contributed by atoms with Crippen molar-refractivity contribution in [2.45, 2.75) is 65.5 Å². The number of rotatable bonds is 2. The summed E-state index contributed by atoms with van der Waals surface area (Å²) in [6.07, 6.45) is 0. The fraction of sp³-hybridized carbons (Fsp3) is 1.00. The summed E-state index contributed by atoms with van der Waals surface area (Å²) in [5.74, 6) is 0. The van der Waals surface area contributed by atoms with Crippen LogP contribution in [0.5, 0.6) is 0 Å². The monoisotopic (exact) mass is 250 g/mol. The maximum atomic E-state index is 5.90. The summed E-state index contributed by atoms with van der Waals surface area (Å²) < 4.78 is 5.90. The second kappa shape index (κ2) is 5.63. The van der Waals surface area contributed by atoms with Gasteiger partial charge in [-0.3, -0.25) is 0 Å². The van der Waals surface area contributed by atoms with Crippen LogP contribution in [0.1, 0.15) is 0 Å². The summed E-state index contributed by atoms with van der Waals surface area (Å²) in [5, 5.41) is 0. The summed E-state index contributed by atoms with van der Waals surface area (Å²) in [6.45, 7) is 22.8. The first-order valence-electron chi connectivity index (χ1n) is 5.41. The fourth-order valence-corrected chi connectivity index (χ4v) is 8.27. The second-order valence-electron chi connectivity index (χ2n) is 7.33. The Balaban J connectivity index is 0. The van der Waals surface area contributed by atoms with Crippen molar-refractivity contribution >= 4 is 24.7 Å². The third-order valence-corrected chi connectivity index (χ3v) is 5.51. The number of hydrogen-bond acceptors (Lipinski definition) is 1. The zero-order valence-electron chi connectivity index (χ0n) is 11.9. The van der Waals surface area contributed by atoms with Gasteiger partial charge < -0.3 is 4.12 Å². The van der Waals surface area contributed by atoms with E-state index in [0.717, 1.165) is 0 Å². The normalized spacial score (nSPS) is 13.3. The van der Waals surface area contributed by atoms with Gasteiger partial charge in [0.25, 0.3) is 0 Å². The lowest BCUT2D eigenvalue weighted by Gasteiger charge is -2.27. The Labute approximate surface area is 94.5 Å². The largest absolute Gasteiger partial charge is 0.456 e. The van der Waals surface area contributed by atoms with Crippen molar-refractivity contribution in [3.63, 3.8) is 0 Å². The van der Waals surface area contributed by atoms with E-state index in [2.05, 4.69) is 65.5 Å². The highest BCUT2D eigenvalue weighted by Crippen LogP contribution is 2.12. The smallest absolute Gasteiger partial charge is 0.170 e. The lowest BCUT2D eigenvalue weighted by Crippen LogP contribution is -2.39. The second-order valence-corrected chi connectivity index (χ2v) is 22.6. The van der Waals surface area contributed by atoms with Crippen molar-refractivity contribution in [1.29, 1.82) is 0 Å². The van der Waals surface area contributed by atoms with Crippen LogP contribution in [0, 0.1) is 0 Å². The van der Waals surface area contributed by atoms with Crippen LogP contribution < -0.4 is 0 Å². The van der Waals surface area contributed by atoms with E-state index in [1.807, 2.05) is 0 Å². The van der Waals surface area contributed by atoms with Crippen LogP contribution in [0.2, 0.25) is 65.5 Å².